The lowest BCUT2D eigenvalue weighted by atomic mass is 9.90. The number of aryl methyl sites for hydroxylation is 1. The number of nitrogens with zero attached hydrogens (tertiary/aromatic N) is 1. The fraction of sp³-hybridized carbons (Fsp3) is 0.500. The maximum atomic E-state index is 5.73. The van der Waals surface area contributed by atoms with Crippen molar-refractivity contribution in [2.75, 3.05) is 18.9 Å². The van der Waals surface area contributed by atoms with Crippen molar-refractivity contribution < 1.29 is 9.47 Å². The van der Waals surface area contributed by atoms with E-state index in [0.29, 0.717) is 18.9 Å². The molecule has 1 aromatic heterocycles. The molecular weight excluding hydrogens is 228 g/mol. The predicted octanol–water partition coefficient (Wildman–Crippen LogP) is 2.28. The molecule has 1 aliphatic heterocycles. The second-order valence-corrected chi connectivity index (χ2v) is 4.98. The van der Waals surface area contributed by atoms with Crippen LogP contribution in [0, 0.1) is 6.92 Å². The number of anilines is 1. The molecule has 2 N–H and O–H groups in total. The topological polar surface area (TPSA) is 57.4 Å². The van der Waals surface area contributed by atoms with Crippen molar-refractivity contribution in [2.24, 2.45) is 0 Å². The van der Waals surface area contributed by atoms with Gasteiger partial charge in [-0.1, -0.05) is 6.08 Å². The van der Waals surface area contributed by atoms with Gasteiger partial charge in [0.25, 0.3) is 0 Å². The van der Waals surface area contributed by atoms with Crippen LogP contribution in [0.3, 0.4) is 0 Å². The summed E-state index contributed by atoms with van der Waals surface area (Å²) < 4.78 is 11.4. The number of allylic oxidation sites excluding steroid dienone is 1. The zero-order chi connectivity index (χ0) is 12.6. The standard InChI is InChI=1S/C14H18N2O2/c1-10-8-12(15)9-16-13(10)11-2-4-14(5-3-11)17-6-7-18-14/h2,8-9H,3-7,15H2,1H3. The van der Waals surface area contributed by atoms with Crippen LogP contribution in [0.15, 0.2) is 18.3 Å². The van der Waals surface area contributed by atoms with Crippen LogP contribution in [-0.4, -0.2) is 24.0 Å². The van der Waals surface area contributed by atoms with Gasteiger partial charge < -0.3 is 15.2 Å². The van der Waals surface area contributed by atoms with Gasteiger partial charge in [-0.25, -0.2) is 0 Å². The van der Waals surface area contributed by atoms with Gasteiger partial charge in [0.05, 0.1) is 30.8 Å². The highest BCUT2D eigenvalue weighted by Crippen LogP contribution is 2.38. The molecule has 0 amide bonds. The van der Waals surface area contributed by atoms with Crippen molar-refractivity contribution in [3.8, 4) is 0 Å². The van der Waals surface area contributed by atoms with Crippen LogP contribution in [0.25, 0.3) is 5.57 Å². The van der Waals surface area contributed by atoms with Gasteiger partial charge in [-0.2, -0.15) is 0 Å². The molecule has 0 unspecified atom stereocenters. The number of rotatable bonds is 1. The maximum absolute atomic E-state index is 5.73. The molecule has 1 spiro atoms. The van der Waals surface area contributed by atoms with Crippen LogP contribution in [0.4, 0.5) is 5.69 Å². The van der Waals surface area contributed by atoms with Crippen molar-refractivity contribution in [1.29, 1.82) is 0 Å². The summed E-state index contributed by atoms with van der Waals surface area (Å²) in [5.74, 6) is -0.356. The van der Waals surface area contributed by atoms with Gasteiger partial charge in [0.15, 0.2) is 5.79 Å². The van der Waals surface area contributed by atoms with E-state index < -0.39 is 0 Å². The molecule has 3 rings (SSSR count). The lowest BCUT2D eigenvalue weighted by Crippen LogP contribution is -2.31. The average molecular weight is 246 g/mol. The van der Waals surface area contributed by atoms with Crippen molar-refractivity contribution in [1.82, 2.24) is 4.98 Å². The number of nitrogen functional groups attached to an aromatic ring is 1. The first-order chi connectivity index (χ1) is 8.69. The number of ether oxygens (including phenoxy) is 2. The van der Waals surface area contributed by atoms with Crippen LogP contribution < -0.4 is 5.73 Å². The zero-order valence-electron chi connectivity index (χ0n) is 10.6. The first kappa shape index (κ1) is 11.7. The smallest absolute Gasteiger partial charge is 0.172 e. The normalized spacial score (nSPS) is 22.2. The van der Waals surface area contributed by atoms with E-state index >= 15 is 0 Å². The molecule has 0 radical (unpaired) electrons. The van der Waals surface area contributed by atoms with Gasteiger partial charge in [-0.05, 0) is 30.5 Å². The average Bonchev–Trinajstić information content (AvgIpc) is 2.80. The van der Waals surface area contributed by atoms with Crippen molar-refractivity contribution in [2.45, 2.75) is 32.0 Å². The Morgan fingerprint density at radius 2 is 2.11 bits per heavy atom. The summed E-state index contributed by atoms with van der Waals surface area (Å²) >= 11 is 0. The van der Waals surface area contributed by atoms with Crippen LogP contribution >= 0.6 is 0 Å². The van der Waals surface area contributed by atoms with E-state index in [1.54, 1.807) is 6.20 Å². The van der Waals surface area contributed by atoms with Gasteiger partial charge in [0.2, 0.25) is 0 Å². The second-order valence-electron chi connectivity index (χ2n) is 4.98. The van der Waals surface area contributed by atoms with Crippen molar-refractivity contribution in [3.63, 3.8) is 0 Å². The predicted molar refractivity (Wildman–Crippen MR) is 69.8 cm³/mol. The van der Waals surface area contributed by atoms with Crippen LogP contribution in [0.5, 0.6) is 0 Å². The minimum atomic E-state index is -0.356. The number of pyridine rings is 1. The summed E-state index contributed by atoms with van der Waals surface area (Å²) in [4.78, 5) is 4.44. The molecule has 96 valence electrons. The number of hydrogen-bond donors (Lipinski definition) is 1. The van der Waals surface area contributed by atoms with Crippen molar-refractivity contribution in [3.05, 3.63) is 29.6 Å². The van der Waals surface area contributed by atoms with Gasteiger partial charge >= 0.3 is 0 Å². The lowest BCUT2D eigenvalue weighted by Gasteiger charge is -2.30. The van der Waals surface area contributed by atoms with E-state index in [0.717, 1.165) is 30.5 Å². The summed E-state index contributed by atoms with van der Waals surface area (Å²) in [6.45, 7) is 3.47. The Labute approximate surface area is 107 Å². The molecule has 0 saturated carbocycles. The summed E-state index contributed by atoms with van der Waals surface area (Å²) in [6.07, 6.45) is 6.58. The second kappa shape index (κ2) is 4.37. The quantitative estimate of drug-likeness (QED) is 0.826. The summed E-state index contributed by atoms with van der Waals surface area (Å²) in [5, 5.41) is 0. The molecule has 1 aliphatic carbocycles. The molecule has 18 heavy (non-hydrogen) atoms. The molecule has 2 heterocycles. The van der Waals surface area contributed by atoms with Gasteiger partial charge in [-0.3, -0.25) is 4.98 Å². The molecule has 0 bridgehead atoms. The fourth-order valence-corrected chi connectivity index (χ4v) is 2.71. The van der Waals surface area contributed by atoms with Gasteiger partial charge in [-0.15, -0.1) is 0 Å². The van der Waals surface area contributed by atoms with Crippen molar-refractivity contribution >= 4 is 11.3 Å². The van der Waals surface area contributed by atoms with Gasteiger partial charge in [0, 0.05) is 12.8 Å². The van der Waals surface area contributed by atoms with Crippen LogP contribution in [0.1, 0.15) is 30.5 Å². The molecular formula is C14H18N2O2. The Morgan fingerprint density at radius 1 is 1.33 bits per heavy atom. The van der Waals surface area contributed by atoms with Crippen LogP contribution in [-0.2, 0) is 9.47 Å². The molecule has 4 heteroatoms. The van der Waals surface area contributed by atoms with Gasteiger partial charge in [0.1, 0.15) is 0 Å². The third-order valence-corrected chi connectivity index (χ3v) is 3.65. The van der Waals surface area contributed by atoms with E-state index in [4.69, 9.17) is 15.2 Å². The van der Waals surface area contributed by atoms with E-state index in [1.165, 1.54) is 5.57 Å². The summed E-state index contributed by atoms with van der Waals surface area (Å²) in [5.41, 5.74) is 9.90. The van der Waals surface area contributed by atoms with E-state index in [9.17, 15) is 0 Å². The SMILES string of the molecule is Cc1cc(N)cnc1C1=CCC2(CC1)OCCO2. The van der Waals surface area contributed by atoms with E-state index in [1.807, 2.05) is 13.0 Å². The molecule has 0 atom stereocenters. The number of nitrogens with two attached hydrogens (primary N) is 1. The summed E-state index contributed by atoms with van der Waals surface area (Å²) in [7, 11) is 0. The minimum absolute atomic E-state index is 0.356. The van der Waals surface area contributed by atoms with E-state index in [-0.39, 0.29) is 5.79 Å². The Kier molecular flexibility index (Phi) is 2.84. The number of aromatic nitrogens is 1. The minimum Gasteiger partial charge on any atom is -0.397 e. The Morgan fingerprint density at radius 3 is 2.72 bits per heavy atom. The Hall–Kier alpha value is -1.39. The zero-order valence-corrected chi connectivity index (χ0v) is 10.6. The van der Waals surface area contributed by atoms with E-state index in [2.05, 4.69) is 11.1 Å². The third-order valence-electron chi connectivity index (χ3n) is 3.65. The third kappa shape index (κ3) is 2.02. The van der Waals surface area contributed by atoms with Crippen LogP contribution in [0.2, 0.25) is 0 Å². The number of hydrogen-bond acceptors (Lipinski definition) is 4. The first-order valence-corrected chi connectivity index (χ1v) is 6.38. The first-order valence-electron chi connectivity index (χ1n) is 6.38. The fourth-order valence-electron chi connectivity index (χ4n) is 2.71. The molecule has 2 aliphatic rings. The molecule has 1 saturated heterocycles. The Bertz CT molecular complexity index is 491. The largest absolute Gasteiger partial charge is 0.397 e. The monoisotopic (exact) mass is 246 g/mol. The lowest BCUT2D eigenvalue weighted by molar-refractivity contribution is -0.159. The highest BCUT2D eigenvalue weighted by molar-refractivity contribution is 5.67. The molecule has 1 fully saturated rings. The maximum Gasteiger partial charge on any atom is 0.172 e. The summed E-state index contributed by atoms with van der Waals surface area (Å²) in [6, 6.07) is 1.97. The molecule has 4 nitrogen and oxygen atoms in total. The molecule has 0 aromatic carbocycles. The highest BCUT2D eigenvalue weighted by atomic mass is 16.7. The highest BCUT2D eigenvalue weighted by Gasteiger charge is 2.37. The Balaban J connectivity index is 1.84. The molecule has 1 aromatic rings.